The van der Waals surface area contributed by atoms with Crippen LogP contribution < -0.4 is 9.62 Å². The molecule has 0 aromatic heterocycles. The van der Waals surface area contributed by atoms with Crippen LogP contribution in [0.4, 0.5) is 5.69 Å². The van der Waals surface area contributed by atoms with Gasteiger partial charge in [-0.3, -0.25) is 9.10 Å². The van der Waals surface area contributed by atoms with Gasteiger partial charge in [0.25, 0.3) is 10.0 Å². The van der Waals surface area contributed by atoms with Crippen molar-refractivity contribution in [1.29, 1.82) is 0 Å². The molecule has 0 aliphatic rings. The van der Waals surface area contributed by atoms with E-state index >= 15 is 0 Å². The molecule has 0 unspecified atom stereocenters. The summed E-state index contributed by atoms with van der Waals surface area (Å²) in [5.41, 5.74) is 4.27. The highest BCUT2D eigenvalue weighted by Crippen LogP contribution is 2.26. The lowest BCUT2D eigenvalue weighted by Crippen LogP contribution is -2.40. The second kappa shape index (κ2) is 9.54. The number of sulfonamides is 1. The van der Waals surface area contributed by atoms with Crippen LogP contribution in [-0.2, 0) is 21.4 Å². The van der Waals surface area contributed by atoms with Gasteiger partial charge in [0.15, 0.2) is 0 Å². The summed E-state index contributed by atoms with van der Waals surface area (Å²) < 4.78 is 28.0. The Labute approximate surface area is 188 Å². The van der Waals surface area contributed by atoms with Crippen molar-refractivity contribution < 1.29 is 13.2 Å². The zero-order valence-electron chi connectivity index (χ0n) is 17.7. The molecule has 31 heavy (non-hydrogen) atoms. The zero-order valence-corrected chi connectivity index (χ0v) is 19.3. The lowest BCUT2D eigenvalue weighted by molar-refractivity contribution is -0.119. The molecule has 162 valence electrons. The lowest BCUT2D eigenvalue weighted by Gasteiger charge is -2.25. The van der Waals surface area contributed by atoms with E-state index < -0.39 is 15.9 Å². The van der Waals surface area contributed by atoms with E-state index in [1.165, 1.54) is 0 Å². The molecule has 3 aromatic carbocycles. The number of carbonyl (C=O) groups is 1. The van der Waals surface area contributed by atoms with E-state index in [1.54, 1.807) is 48.5 Å². The minimum absolute atomic E-state index is 0.141. The number of rotatable bonds is 7. The van der Waals surface area contributed by atoms with Gasteiger partial charge in [-0.25, -0.2) is 8.42 Å². The standard InChI is InChI=1S/C24H25ClN2O3S/c1-17-4-12-23(13-5-17)31(29,30)27(22-11-6-18(2)19(3)14-22)16-24(28)26-15-20-7-9-21(25)10-8-20/h4-14H,15-16H2,1-3H3,(H,26,28). The third-order valence-electron chi connectivity index (χ3n) is 5.08. The quantitative estimate of drug-likeness (QED) is 0.556. The molecule has 0 bridgehead atoms. The Hall–Kier alpha value is -2.83. The minimum Gasteiger partial charge on any atom is -0.350 e. The van der Waals surface area contributed by atoms with Gasteiger partial charge in [0.2, 0.25) is 5.91 Å². The number of halogens is 1. The van der Waals surface area contributed by atoms with Crippen LogP contribution in [0.2, 0.25) is 5.02 Å². The van der Waals surface area contributed by atoms with Gasteiger partial charge in [0.05, 0.1) is 10.6 Å². The van der Waals surface area contributed by atoms with Gasteiger partial charge in [0, 0.05) is 11.6 Å². The third kappa shape index (κ3) is 5.66. The van der Waals surface area contributed by atoms with Gasteiger partial charge in [-0.05, 0) is 73.9 Å². The summed E-state index contributed by atoms with van der Waals surface area (Å²) in [7, 11) is -3.93. The number of nitrogens with one attached hydrogen (secondary N) is 1. The summed E-state index contributed by atoms with van der Waals surface area (Å²) in [6.07, 6.45) is 0. The molecular formula is C24H25ClN2O3S. The Kier molecular flexibility index (Phi) is 7.03. The smallest absolute Gasteiger partial charge is 0.264 e. The van der Waals surface area contributed by atoms with Gasteiger partial charge < -0.3 is 5.32 Å². The molecule has 0 aliphatic heterocycles. The SMILES string of the molecule is Cc1ccc(S(=O)(=O)N(CC(=O)NCc2ccc(Cl)cc2)c2ccc(C)c(C)c2)cc1. The van der Waals surface area contributed by atoms with E-state index in [4.69, 9.17) is 11.6 Å². The van der Waals surface area contributed by atoms with Gasteiger partial charge in [-0.15, -0.1) is 0 Å². The van der Waals surface area contributed by atoms with Crippen molar-refractivity contribution in [2.24, 2.45) is 0 Å². The first-order valence-corrected chi connectivity index (χ1v) is 11.7. The van der Waals surface area contributed by atoms with E-state index in [0.717, 1.165) is 26.6 Å². The molecule has 5 nitrogen and oxygen atoms in total. The molecule has 0 fully saturated rings. The first-order chi connectivity index (χ1) is 14.7. The topological polar surface area (TPSA) is 66.5 Å². The Bertz CT molecular complexity index is 1170. The van der Waals surface area contributed by atoms with Crippen molar-refractivity contribution in [2.75, 3.05) is 10.8 Å². The molecule has 0 radical (unpaired) electrons. The number of nitrogens with zero attached hydrogens (tertiary/aromatic N) is 1. The second-order valence-corrected chi connectivity index (χ2v) is 9.80. The van der Waals surface area contributed by atoms with Gasteiger partial charge in [0.1, 0.15) is 6.54 Å². The summed E-state index contributed by atoms with van der Waals surface area (Å²) in [5.74, 6) is -0.399. The molecule has 1 amide bonds. The highest BCUT2D eigenvalue weighted by atomic mass is 35.5. The molecular weight excluding hydrogens is 432 g/mol. The number of benzene rings is 3. The predicted octanol–water partition coefficient (Wildman–Crippen LogP) is 4.78. The number of hydrogen-bond acceptors (Lipinski definition) is 3. The Morgan fingerprint density at radius 1 is 0.903 bits per heavy atom. The lowest BCUT2D eigenvalue weighted by atomic mass is 10.1. The third-order valence-corrected chi connectivity index (χ3v) is 7.12. The minimum atomic E-state index is -3.93. The number of hydrogen-bond donors (Lipinski definition) is 1. The zero-order chi connectivity index (χ0) is 22.6. The van der Waals surface area contributed by atoms with Crippen LogP contribution in [0, 0.1) is 20.8 Å². The Morgan fingerprint density at radius 3 is 2.16 bits per heavy atom. The van der Waals surface area contributed by atoms with Crippen LogP contribution >= 0.6 is 11.6 Å². The van der Waals surface area contributed by atoms with E-state index in [2.05, 4.69) is 5.32 Å². The van der Waals surface area contributed by atoms with Crippen molar-refractivity contribution in [3.8, 4) is 0 Å². The first-order valence-electron chi connectivity index (χ1n) is 9.84. The van der Waals surface area contributed by atoms with Crippen molar-refractivity contribution in [3.05, 3.63) is 94.0 Å². The van der Waals surface area contributed by atoms with E-state index in [0.29, 0.717) is 10.7 Å². The van der Waals surface area contributed by atoms with Crippen LogP contribution in [-0.4, -0.2) is 20.9 Å². The summed E-state index contributed by atoms with van der Waals surface area (Å²) in [6.45, 7) is 5.71. The molecule has 0 heterocycles. The normalized spacial score (nSPS) is 11.2. The van der Waals surface area contributed by atoms with Gasteiger partial charge >= 0.3 is 0 Å². The molecule has 0 saturated heterocycles. The van der Waals surface area contributed by atoms with Crippen molar-refractivity contribution in [2.45, 2.75) is 32.2 Å². The second-order valence-electron chi connectivity index (χ2n) is 7.50. The average Bonchev–Trinajstić information content (AvgIpc) is 2.74. The summed E-state index contributed by atoms with van der Waals surface area (Å²) >= 11 is 5.89. The Balaban J connectivity index is 1.88. The summed E-state index contributed by atoms with van der Waals surface area (Å²) in [4.78, 5) is 12.8. The first kappa shape index (κ1) is 22.8. The monoisotopic (exact) mass is 456 g/mol. The average molecular weight is 457 g/mol. The molecule has 0 aliphatic carbocycles. The van der Waals surface area contributed by atoms with E-state index in [1.807, 2.05) is 39.0 Å². The fraction of sp³-hybridized carbons (Fsp3) is 0.208. The van der Waals surface area contributed by atoms with Crippen molar-refractivity contribution in [1.82, 2.24) is 5.32 Å². The highest BCUT2D eigenvalue weighted by molar-refractivity contribution is 7.92. The molecule has 3 rings (SSSR count). The van der Waals surface area contributed by atoms with Gasteiger partial charge in [-0.1, -0.05) is 47.5 Å². The van der Waals surface area contributed by atoms with Crippen molar-refractivity contribution in [3.63, 3.8) is 0 Å². The van der Waals surface area contributed by atoms with E-state index in [-0.39, 0.29) is 18.0 Å². The molecule has 7 heteroatoms. The van der Waals surface area contributed by atoms with Crippen LogP contribution in [0.1, 0.15) is 22.3 Å². The van der Waals surface area contributed by atoms with Crippen molar-refractivity contribution >= 4 is 33.2 Å². The van der Waals surface area contributed by atoms with Gasteiger partial charge in [-0.2, -0.15) is 0 Å². The summed E-state index contributed by atoms with van der Waals surface area (Å²) in [5, 5.41) is 3.40. The maximum Gasteiger partial charge on any atom is 0.264 e. The van der Waals surface area contributed by atoms with Crippen LogP contribution in [0.5, 0.6) is 0 Å². The molecule has 0 atom stereocenters. The highest BCUT2D eigenvalue weighted by Gasteiger charge is 2.27. The Morgan fingerprint density at radius 2 is 1.55 bits per heavy atom. The predicted molar refractivity (Wildman–Crippen MR) is 125 cm³/mol. The maximum absolute atomic E-state index is 13.4. The maximum atomic E-state index is 13.4. The van der Waals surface area contributed by atoms with Crippen LogP contribution in [0.3, 0.4) is 0 Å². The number of aryl methyl sites for hydroxylation is 3. The van der Waals surface area contributed by atoms with Crippen LogP contribution in [0.15, 0.2) is 71.6 Å². The molecule has 1 N–H and O–H groups in total. The number of amides is 1. The molecule has 3 aromatic rings. The fourth-order valence-electron chi connectivity index (χ4n) is 3.02. The largest absolute Gasteiger partial charge is 0.350 e. The molecule has 0 saturated carbocycles. The number of carbonyl (C=O) groups excluding carboxylic acids is 1. The van der Waals surface area contributed by atoms with Crippen LogP contribution in [0.25, 0.3) is 0 Å². The fourth-order valence-corrected chi connectivity index (χ4v) is 4.56. The van der Waals surface area contributed by atoms with E-state index in [9.17, 15) is 13.2 Å². The summed E-state index contributed by atoms with van der Waals surface area (Å²) in [6, 6.07) is 19.1. The number of anilines is 1. The molecule has 0 spiro atoms.